The smallest absolute Gasteiger partial charge is 0.227 e. The molecule has 1 aliphatic rings. The van der Waals surface area contributed by atoms with E-state index in [1.165, 1.54) is 0 Å². The monoisotopic (exact) mass is 311 g/mol. The number of aliphatic imine (C=N–C) groups is 1. The molecule has 0 aromatic rings. The first-order chi connectivity index (χ1) is 10.3. The van der Waals surface area contributed by atoms with E-state index in [0.717, 1.165) is 38.7 Å². The lowest BCUT2D eigenvalue weighted by Crippen LogP contribution is -2.54. The van der Waals surface area contributed by atoms with Crippen LogP contribution in [0.15, 0.2) is 4.99 Å². The fraction of sp³-hybridized carbons (Fsp3) is 0.875. The van der Waals surface area contributed by atoms with Crippen LogP contribution in [-0.2, 0) is 4.79 Å². The molecule has 1 aliphatic heterocycles. The van der Waals surface area contributed by atoms with Crippen LogP contribution in [0.3, 0.4) is 0 Å². The van der Waals surface area contributed by atoms with E-state index in [2.05, 4.69) is 39.3 Å². The summed E-state index contributed by atoms with van der Waals surface area (Å²) in [6.45, 7) is 14.2. The van der Waals surface area contributed by atoms with Gasteiger partial charge in [-0.05, 0) is 19.8 Å². The minimum atomic E-state index is -0.454. The molecule has 0 aromatic carbocycles. The fourth-order valence-electron chi connectivity index (χ4n) is 2.71. The maximum atomic E-state index is 11.8. The molecule has 1 saturated heterocycles. The van der Waals surface area contributed by atoms with Crippen molar-refractivity contribution >= 4 is 11.9 Å². The lowest BCUT2D eigenvalue weighted by Gasteiger charge is -2.37. The van der Waals surface area contributed by atoms with Gasteiger partial charge in [-0.25, -0.2) is 0 Å². The molecule has 22 heavy (non-hydrogen) atoms. The highest BCUT2D eigenvalue weighted by Crippen LogP contribution is 2.13. The zero-order valence-corrected chi connectivity index (χ0v) is 15.1. The molecular weight excluding hydrogens is 278 g/mol. The number of guanidine groups is 1. The molecule has 0 aliphatic carbocycles. The molecule has 1 heterocycles. The molecule has 1 rings (SSSR count). The van der Waals surface area contributed by atoms with E-state index in [1.807, 2.05) is 13.8 Å². The van der Waals surface area contributed by atoms with E-state index in [1.54, 1.807) is 14.1 Å². The fourth-order valence-corrected chi connectivity index (χ4v) is 2.71. The number of hydrogen-bond donors (Lipinski definition) is 2. The van der Waals surface area contributed by atoms with Crippen LogP contribution >= 0.6 is 0 Å². The van der Waals surface area contributed by atoms with Gasteiger partial charge in [0.2, 0.25) is 5.91 Å². The third-order valence-corrected chi connectivity index (χ3v) is 4.04. The third-order valence-electron chi connectivity index (χ3n) is 4.04. The van der Waals surface area contributed by atoms with Gasteiger partial charge in [0.25, 0.3) is 0 Å². The summed E-state index contributed by atoms with van der Waals surface area (Å²) in [6.07, 6.45) is 0. The topological polar surface area (TPSA) is 60.0 Å². The van der Waals surface area contributed by atoms with Crippen molar-refractivity contribution in [1.29, 1.82) is 0 Å². The first-order valence-electron chi connectivity index (χ1n) is 8.20. The molecule has 0 unspecified atom stereocenters. The maximum absolute atomic E-state index is 11.8. The van der Waals surface area contributed by atoms with E-state index in [9.17, 15) is 4.79 Å². The molecule has 0 bridgehead atoms. The van der Waals surface area contributed by atoms with E-state index >= 15 is 0 Å². The average Bonchev–Trinajstić information content (AvgIpc) is 2.47. The molecule has 1 fully saturated rings. The summed E-state index contributed by atoms with van der Waals surface area (Å²) < 4.78 is 0. The Kier molecular flexibility index (Phi) is 7.13. The summed E-state index contributed by atoms with van der Waals surface area (Å²) in [5.74, 6) is 1.63. The Labute approximate surface area is 135 Å². The highest BCUT2D eigenvalue weighted by Gasteiger charge is 2.28. The summed E-state index contributed by atoms with van der Waals surface area (Å²) >= 11 is 0. The average molecular weight is 311 g/mol. The highest BCUT2D eigenvalue weighted by molar-refractivity contribution is 5.84. The van der Waals surface area contributed by atoms with Crippen LogP contribution in [0.4, 0.5) is 0 Å². The Balaban J connectivity index is 2.48. The standard InChI is InChI=1S/C16H33N5O/c1-13(2)11-20-7-9-21(10-8-20)15(18-6)19-12-16(3,4)14(22)17-5/h13H,7-12H2,1-6H3,(H,17,22)(H,18,19). The van der Waals surface area contributed by atoms with Gasteiger partial charge in [-0.15, -0.1) is 0 Å². The molecule has 2 N–H and O–H groups in total. The van der Waals surface area contributed by atoms with Crippen molar-refractivity contribution in [2.45, 2.75) is 27.7 Å². The van der Waals surface area contributed by atoms with Gasteiger partial charge < -0.3 is 15.5 Å². The Bertz CT molecular complexity index is 384. The SMILES string of the molecule is CN=C(NCC(C)(C)C(=O)NC)N1CCN(CC(C)C)CC1. The first-order valence-corrected chi connectivity index (χ1v) is 8.20. The summed E-state index contributed by atoms with van der Waals surface area (Å²) in [7, 11) is 3.47. The Morgan fingerprint density at radius 3 is 2.27 bits per heavy atom. The molecule has 0 atom stereocenters. The van der Waals surface area contributed by atoms with Gasteiger partial charge in [-0.2, -0.15) is 0 Å². The van der Waals surface area contributed by atoms with Crippen molar-refractivity contribution in [1.82, 2.24) is 20.4 Å². The summed E-state index contributed by atoms with van der Waals surface area (Å²) in [6, 6.07) is 0. The number of piperazine rings is 1. The van der Waals surface area contributed by atoms with Crippen LogP contribution in [-0.4, -0.2) is 75.0 Å². The number of nitrogens with one attached hydrogen (secondary N) is 2. The van der Waals surface area contributed by atoms with Crippen molar-refractivity contribution in [2.75, 3.05) is 53.4 Å². The van der Waals surface area contributed by atoms with Gasteiger partial charge in [0, 0.05) is 53.4 Å². The molecule has 0 saturated carbocycles. The van der Waals surface area contributed by atoms with Gasteiger partial charge in [0.1, 0.15) is 0 Å². The second-order valence-corrected chi connectivity index (χ2v) is 7.05. The van der Waals surface area contributed by atoms with Gasteiger partial charge in [-0.1, -0.05) is 13.8 Å². The van der Waals surface area contributed by atoms with Gasteiger partial charge in [0.15, 0.2) is 5.96 Å². The van der Waals surface area contributed by atoms with Crippen molar-refractivity contribution in [2.24, 2.45) is 16.3 Å². The molecule has 1 amide bonds. The summed E-state index contributed by atoms with van der Waals surface area (Å²) in [5, 5.41) is 6.06. The highest BCUT2D eigenvalue weighted by atomic mass is 16.2. The Morgan fingerprint density at radius 2 is 1.82 bits per heavy atom. The summed E-state index contributed by atoms with van der Waals surface area (Å²) in [4.78, 5) is 21.0. The largest absolute Gasteiger partial charge is 0.359 e. The molecule has 0 radical (unpaired) electrons. The van der Waals surface area contributed by atoms with Crippen molar-refractivity contribution in [3.05, 3.63) is 0 Å². The lowest BCUT2D eigenvalue weighted by molar-refractivity contribution is -0.128. The van der Waals surface area contributed by atoms with Gasteiger partial charge in [0.05, 0.1) is 5.41 Å². The van der Waals surface area contributed by atoms with Gasteiger partial charge in [-0.3, -0.25) is 14.7 Å². The molecule has 6 heteroatoms. The van der Waals surface area contributed by atoms with Crippen molar-refractivity contribution in [3.63, 3.8) is 0 Å². The molecular formula is C16H33N5O. The predicted molar refractivity (Wildman–Crippen MR) is 92.1 cm³/mol. The molecule has 0 spiro atoms. The van der Waals surface area contributed by atoms with Crippen molar-refractivity contribution < 1.29 is 4.79 Å². The van der Waals surface area contributed by atoms with E-state index in [4.69, 9.17) is 0 Å². The second kappa shape index (κ2) is 8.36. The zero-order valence-electron chi connectivity index (χ0n) is 15.1. The van der Waals surface area contributed by atoms with Crippen molar-refractivity contribution in [3.8, 4) is 0 Å². The number of carbonyl (C=O) groups is 1. The summed E-state index contributed by atoms with van der Waals surface area (Å²) in [5.41, 5.74) is -0.454. The number of carbonyl (C=O) groups excluding carboxylic acids is 1. The normalized spacial score (nSPS) is 17.8. The minimum Gasteiger partial charge on any atom is -0.359 e. The van der Waals surface area contributed by atoms with E-state index < -0.39 is 5.41 Å². The maximum Gasteiger partial charge on any atom is 0.227 e. The lowest BCUT2D eigenvalue weighted by atomic mass is 9.92. The van der Waals surface area contributed by atoms with Crippen LogP contribution < -0.4 is 10.6 Å². The van der Waals surface area contributed by atoms with Crippen LogP contribution in [0.1, 0.15) is 27.7 Å². The molecule has 6 nitrogen and oxygen atoms in total. The Morgan fingerprint density at radius 1 is 1.23 bits per heavy atom. The second-order valence-electron chi connectivity index (χ2n) is 7.05. The Hall–Kier alpha value is -1.30. The van der Waals surface area contributed by atoms with Crippen LogP contribution in [0.2, 0.25) is 0 Å². The van der Waals surface area contributed by atoms with Crippen LogP contribution in [0, 0.1) is 11.3 Å². The molecule has 0 aromatic heterocycles. The minimum absolute atomic E-state index is 0.0391. The zero-order chi connectivity index (χ0) is 16.8. The number of rotatable bonds is 5. The van der Waals surface area contributed by atoms with E-state index in [-0.39, 0.29) is 5.91 Å². The first kappa shape index (κ1) is 18.7. The van der Waals surface area contributed by atoms with Crippen LogP contribution in [0.25, 0.3) is 0 Å². The number of amides is 1. The van der Waals surface area contributed by atoms with Crippen LogP contribution in [0.5, 0.6) is 0 Å². The third kappa shape index (κ3) is 5.48. The molecule has 128 valence electrons. The number of nitrogens with zero attached hydrogens (tertiary/aromatic N) is 3. The quantitative estimate of drug-likeness (QED) is 0.577. The number of hydrogen-bond acceptors (Lipinski definition) is 3. The predicted octanol–water partition coefficient (Wildman–Crippen LogP) is 0.608. The van der Waals surface area contributed by atoms with Gasteiger partial charge >= 0.3 is 0 Å². The van der Waals surface area contributed by atoms with E-state index in [0.29, 0.717) is 12.5 Å².